The first kappa shape index (κ1) is 19.0. The maximum absolute atomic E-state index is 12.6. The molecule has 0 spiro atoms. The molecule has 0 unspecified atom stereocenters. The summed E-state index contributed by atoms with van der Waals surface area (Å²) in [5, 5.41) is 1.96. The molecule has 0 aromatic heterocycles. The molecule has 1 aromatic carbocycles. The predicted octanol–water partition coefficient (Wildman–Crippen LogP) is 3.24. The normalized spacial score (nSPS) is 25.9. The highest BCUT2D eigenvalue weighted by Crippen LogP contribution is 2.29. The van der Waals surface area contributed by atoms with Crippen LogP contribution in [0, 0.1) is 18.8 Å². The first-order valence-corrected chi connectivity index (χ1v) is 10.5. The molecule has 24 heavy (non-hydrogen) atoms. The maximum atomic E-state index is 12.6. The van der Waals surface area contributed by atoms with Crippen LogP contribution in [-0.2, 0) is 20.4 Å². The van der Waals surface area contributed by atoms with Gasteiger partial charge in [-0.2, -0.15) is 0 Å². The Morgan fingerprint density at radius 1 is 1.25 bits per heavy atom. The molecule has 4 nitrogen and oxygen atoms in total. The number of amides is 1. The molecule has 1 aromatic rings. The van der Waals surface area contributed by atoms with Crippen molar-refractivity contribution >= 4 is 15.7 Å². The Morgan fingerprint density at radius 3 is 2.58 bits per heavy atom. The van der Waals surface area contributed by atoms with E-state index in [1.807, 2.05) is 31.2 Å². The third-order valence-electron chi connectivity index (χ3n) is 5.56. The van der Waals surface area contributed by atoms with E-state index in [1.165, 1.54) is 13.3 Å². The molecule has 1 amide bonds. The summed E-state index contributed by atoms with van der Waals surface area (Å²) in [5.41, 5.74) is 1.69. The Balaban J connectivity index is 2.05. The maximum Gasteiger partial charge on any atom is 0.238 e. The fourth-order valence-electron chi connectivity index (χ4n) is 3.36. The van der Waals surface area contributed by atoms with E-state index in [4.69, 9.17) is 0 Å². The Kier molecular flexibility index (Phi) is 6.07. The molecule has 5 heteroatoms. The van der Waals surface area contributed by atoms with Gasteiger partial charge in [-0.05, 0) is 43.2 Å². The number of aryl methyl sites for hydroxylation is 1. The highest BCUT2D eigenvalue weighted by atomic mass is 32.2. The number of carbonyl (C=O) groups excluding carboxylic acids is 1. The zero-order chi connectivity index (χ0) is 17.9. The zero-order valence-electron chi connectivity index (χ0n) is 15.1. The van der Waals surface area contributed by atoms with Crippen LogP contribution in [0.5, 0.6) is 0 Å². The van der Waals surface area contributed by atoms with Crippen molar-refractivity contribution in [2.24, 2.45) is 11.8 Å². The minimum Gasteiger partial charge on any atom is -0.352 e. The van der Waals surface area contributed by atoms with E-state index < -0.39 is 15.1 Å². The van der Waals surface area contributed by atoms with Crippen LogP contribution in [0.4, 0.5) is 0 Å². The molecule has 1 fully saturated rings. The fraction of sp³-hybridized carbons (Fsp3) is 0.632. The first-order valence-electron chi connectivity index (χ1n) is 8.79. The first-order chi connectivity index (χ1) is 11.2. The van der Waals surface area contributed by atoms with E-state index in [9.17, 15) is 13.2 Å². The van der Waals surface area contributed by atoms with Crippen molar-refractivity contribution in [3.63, 3.8) is 0 Å². The third kappa shape index (κ3) is 4.38. The van der Waals surface area contributed by atoms with E-state index in [2.05, 4.69) is 19.2 Å². The molecule has 134 valence electrons. The minimum atomic E-state index is -3.53. The Hall–Kier alpha value is -1.36. The van der Waals surface area contributed by atoms with Crippen molar-refractivity contribution in [3.05, 3.63) is 35.4 Å². The van der Waals surface area contributed by atoms with Crippen LogP contribution < -0.4 is 5.32 Å². The van der Waals surface area contributed by atoms with Gasteiger partial charge in [-0.1, -0.05) is 51.0 Å². The lowest BCUT2D eigenvalue weighted by molar-refractivity contribution is -0.121. The number of carbonyl (C=O) groups is 1. The lowest BCUT2D eigenvalue weighted by Crippen LogP contribution is -2.48. The molecular formula is C19H29NO3S. The largest absolute Gasteiger partial charge is 0.352 e. The quantitative estimate of drug-likeness (QED) is 0.886. The van der Waals surface area contributed by atoms with Gasteiger partial charge in [0.15, 0.2) is 9.84 Å². The molecule has 2 rings (SSSR count). The van der Waals surface area contributed by atoms with E-state index >= 15 is 0 Å². The summed E-state index contributed by atoms with van der Waals surface area (Å²) in [6, 6.07) is 7.49. The lowest BCUT2D eigenvalue weighted by Gasteiger charge is -2.35. The average Bonchev–Trinajstić information content (AvgIpc) is 2.53. The van der Waals surface area contributed by atoms with Crippen LogP contribution in [0.1, 0.15) is 51.2 Å². The van der Waals surface area contributed by atoms with Crippen LogP contribution in [0.15, 0.2) is 24.3 Å². The van der Waals surface area contributed by atoms with E-state index in [0.29, 0.717) is 11.8 Å². The molecule has 4 atom stereocenters. The number of hydrogen-bond acceptors (Lipinski definition) is 3. The second kappa shape index (κ2) is 7.68. The standard InChI is InChI=1S/C19H29NO3S/c1-13-9-7-11-18(15(13)3)20-19(21)16(4)24(22,23)12-17-10-6-5-8-14(17)2/h5-6,8,10,13,15-16,18H,7,9,11-12H2,1-4H3,(H,20,21)/t13-,15+,16-,18-/m1/s1. The van der Waals surface area contributed by atoms with Crippen LogP contribution in [0.25, 0.3) is 0 Å². The van der Waals surface area contributed by atoms with Crippen molar-refractivity contribution in [1.82, 2.24) is 5.32 Å². The summed E-state index contributed by atoms with van der Waals surface area (Å²) in [5.74, 6) is 0.483. The van der Waals surface area contributed by atoms with Crippen molar-refractivity contribution in [1.29, 1.82) is 0 Å². The predicted molar refractivity (Wildman–Crippen MR) is 97.4 cm³/mol. The third-order valence-corrected chi connectivity index (χ3v) is 7.57. The molecule has 0 saturated heterocycles. The second-order valence-electron chi connectivity index (χ2n) is 7.26. The number of benzene rings is 1. The van der Waals surface area contributed by atoms with E-state index in [-0.39, 0.29) is 17.7 Å². The van der Waals surface area contributed by atoms with Gasteiger partial charge >= 0.3 is 0 Å². The number of nitrogens with one attached hydrogen (secondary N) is 1. The van der Waals surface area contributed by atoms with Gasteiger partial charge in [0.2, 0.25) is 5.91 Å². The van der Waals surface area contributed by atoms with E-state index in [1.54, 1.807) is 0 Å². The summed E-state index contributed by atoms with van der Waals surface area (Å²) in [6.07, 6.45) is 3.19. The highest BCUT2D eigenvalue weighted by Gasteiger charge is 2.33. The summed E-state index contributed by atoms with van der Waals surface area (Å²) in [6.45, 7) is 7.73. The molecule has 1 aliphatic rings. The summed E-state index contributed by atoms with van der Waals surface area (Å²) >= 11 is 0. The zero-order valence-corrected chi connectivity index (χ0v) is 15.9. The van der Waals surface area contributed by atoms with Gasteiger partial charge in [0.25, 0.3) is 0 Å². The molecule has 0 radical (unpaired) electrons. The Labute approximate surface area is 146 Å². The lowest BCUT2D eigenvalue weighted by atomic mass is 9.78. The van der Waals surface area contributed by atoms with Gasteiger partial charge in [-0.3, -0.25) is 4.79 Å². The van der Waals surface area contributed by atoms with Gasteiger partial charge in [-0.25, -0.2) is 8.42 Å². The summed E-state index contributed by atoms with van der Waals surface area (Å²) in [7, 11) is -3.53. The van der Waals surface area contributed by atoms with Gasteiger partial charge in [0.1, 0.15) is 5.25 Å². The number of sulfone groups is 1. The van der Waals surface area contributed by atoms with Gasteiger partial charge in [0, 0.05) is 6.04 Å². The highest BCUT2D eigenvalue weighted by molar-refractivity contribution is 7.92. The Bertz CT molecular complexity index is 684. The monoisotopic (exact) mass is 351 g/mol. The van der Waals surface area contributed by atoms with Crippen LogP contribution in [-0.4, -0.2) is 25.6 Å². The van der Waals surface area contributed by atoms with E-state index in [0.717, 1.165) is 24.0 Å². The van der Waals surface area contributed by atoms with Crippen LogP contribution in [0.3, 0.4) is 0 Å². The SMILES string of the molecule is Cc1ccccc1CS(=O)(=O)[C@H](C)C(=O)N[C@@H]1CCC[C@@H](C)[C@@H]1C. The molecule has 1 saturated carbocycles. The van der Waals surface area contributed by atoms with Gasteiger partial charge in [0.05, 0.1) is 5.75 Å². The Morgan fingerprint density at radius 2 is 1.92 bits per heavy atom. The molecule has 1 N–H and O–H groups in total. The van der Waals surface area contributed by atoms with Crippen molar-refractivity contribution in [2.75, 3.05) is 0 Å². The second-order valence-corrected chi connectivity index (χ2v) is 9.58. The fourth-order valence-corrected chi connectivity index (χ4v) is 4.76. The topological polar surface area (TPSA) is 63.2 Å². The number of rotatable bonds is 5. The van der Waals surface area contributed by atoms with Crippen molar-refractivity contribution in [3.8, 4) is 0 Å². The minimum absolute atomic E-state index is 0.0809. The molecule has 0 aliphatic heterocycles. The summed E-state index contributed by atoms with van der Waals surface area (Å²) < 4.78 is 25.2. The molecule has 1 aliphatic carbocycles. The molecule has 0 bridgehead atoms. The van der Waals surface area contributed by atoms with Crippen LogP contribution >= 0.6 is 0 Å². The van der Waals surface area contributed by atoms with Crippen LogP contribution in [0.2, 0.25) is 0 Å². The summed E-state index contributed by atoms with van der Waals surface area (Å²) in [4.78, 5) is 12.5. The molecular weight excluding hydrogens is 322 g/mol. The van der Waals surface area contributed by atoms with Gasteiger partial charge < -0.3 is 5.32 Å². The van der Waals surface area contributed by atoms with Crippen molar-refractivity contribution < 1.29 is 13.2 Å². The average molecular weight is 352 g/mol. The number of hydrogen-bond donors (Lipinski definition) is 1. The molecule has 0 heterocycles. The van der Waals surface area contributed by atoms with Gasteiger partial charge in [-0.15, -0.1) is 0 Å². The smallest absolute Gasteiger partial charge is 0.238 e. The van der Waals surface area contributed by atoms with Crippen molar-refractivity contribution in [2.45, 2.75) is 64.0 Å².